The summed E-state index contributed by atoms with van der Waals surface area (Å²) in [5, 5.41) is 0. The molecule has 0 rings (SSSR count). The molecule has 0 radical (unpaired) electrons. The van der Waals surface area contributed by atoms with E-state index in [9.17, 15) is 16.8 Å². The van der Waals surface area contributed by atoms with E-state index in [0.29, 0.717) is 12.8 Å². The first kappa shape index (κ1) is 15.4. The van der Waals surface area contributed by atoms with Crippen molar-refractivity contribution in [3.8, 4) is 12.3 Å². The summed E-state index contributed by atoms with van der Waals surface area (Å²) in [7, 11) is -6.84. The third kappa shape index (κ3) is 7.68. The molecule has 0 saturated carbocycles. The first-order chi connectivity index (χ1) is 7.20. The van der Waals surface area contributed by atoms with E-state index in [1.54, 1.807) is 6.92 Å². The number of sulfone groups is 1. The molecule has 7 heteroatoms. The fourth-order valence-corrected chi connectivity index (χ4v) is 3.95. The van der Waals surface area contributed by atoms with E-state index in [1.807, 2.05) is 0 Å². The van der Waals surface area contributed by atoms with Gasteiger partial charge < -0.3 is 0 Å². The molecule has 0 aliphatic heterocycles. The average molecular weight is 267 g/mol. The SMILES string of the molecule is C#CCC(CC)NS(=O)(=O)CCS(C)(=O)=O. The molecule has 94 valence electrons. The standard InChI is InChI=1S/C9H17NO4S2/c1-4-6-9(5-2)10-16(13,14)8-7-15(3,11)12/h1,9-10H,5-8H2,2-3H3. The Bertz CT molecular complexity index is 444. The van der Waals surface area contributed by atoms with Crippen LogP contribution in [0.1, 0.15) is 19.8 Å². The lowest BCUT2D eigenvalue weighted by Crippen LogP contribution is -2.37. The third-order valence-electron chi connectivity index (χ3n) is 1.93. The lowest BCUT2D eigenvalue weighted by molar-refractivity contribution is 0.544. The van der Waals surface area contributed by atoms with E-state index in [2.05, 4.69) is 10.6 Å². The van der Waals surface area contributed by atoms with Gasteiger partial charge in [-0.25, -0.2) is 21.6 Å². The van der Waals surface area contributed by atoms with Crippen LogP contribution in [0.2, 0.25) is 0 Å². The lowest BCUT2D eigenvalue weighted by Gasteiger charge is -2.14. The normalized spacial score (nSPS) is 14.3. The van der Waals surface area contributed by atoms with Crippen molar-refractivity contribution in [2.45, 2.75) is 25.8 Å². The quantitative estimate of drug-likeness (QED) is 0.645. The van der Waals surface area contributed by atoms with Gasteiger partial charge in [-0.15, -0.1) is 12.3 Å². The predicted octanol–water partition coefficient (Wildman–Crippen LogP) is -0.248. The molecule has 0 spiro atoms. The Morgan fingerprint density at radius 1 is 1.25 bits per heavy atom. The average Bonchev–Trinajstić information content (AvgIpc) is 2.13. The van der Waals surface area contributed by atoms with Gasteiger partial charge in [0.15, 0.2) is 0 Å². The summed E-state index contributed by atoms with van der Waals surface area (Å²) >= 11 is 0. The van der Waals surface area contributed by atoms with E-state index in [-0.39, 0.29) is 11.8 Å². The first-order valence-electron chi connectivity index (χ1n) is 4.81. The minimum atomic E-state index is -3.57. The van der Waals surface area contributed by atoms with Gasteiger partial charge in [0.1, 0.15) is 9.84 Å². The van der Waals surface area contributed by atoms with Crippen LogP contribution in [-0.2, 0) is 19.9 Å². The molecule has 1 atom stereocenters. The zero-order valence-electron chi connectivity index (χ0n) is 9.43. The molecule has 0 heterocycles. The van der Waals surface area contributed by atoms with Gasteiger partial charge in [0.05, 0.1) is 11.5 Å². The summed E-state index contributed by atoms with van der Waals surface area (Å²) in [5.74, 6) is 1.56. The van der Waals surface area contributed by atoms with Crippen LogP contribution in [0.4, 0.5) is 0 Å². The molecule has 0 saturated heterocycles. The van der Waals surface area contributed by atoms with Crippen molar-refractivity contribution in [1.82, 2.24) is 4.72 Å². The van der Waals surface area contributed by atoms with Crippen molar-refractivity contribution >= 4 is 19.9 Å². The van der Waals surface area contributed by atoms with Gasteiger partial charge in [0, 0.05) is 18.7 Å². The number of sulfonamides is 1. The Hall–Kier alpha value is -0.580. The molecular weight excluding hydrogens is 250 g/mol. The molecule has 1 N–H and O–H groups in total. The maximum atomic E-state index is 11.5. The van der Waals surface area contributed by atoms with E-state index in [0.717, 1.165) is 6.26 Å². The van der Waals surface area contributed by atoms with Gasteiger partial charge in [0.25, 0.3) is 0 Å². The molecule has 0 aliphatic carbocycles. The highest BCUT2D eigenvalue weighted by Crippen LogP contribution is 2.00. The minimum Gasteiger partial charge on any atom is -0.229 e. The molecule has 0 aliphatic rings. The van der Waals surface area contributed by atoms with E-state index in [1.165, 1.54) is 0 Å². The Morgan fingerprint density at radius 2 is 1.81 bits per heavy atom. The van der Waals surface area contributed by atoms with Crippen molar-refractivity contribution in [2.75, 3.05) is 17.8 Å². The summed E-state index contributed by atoms with van der Waals surface area (Å²) in [6.07, 6.45) is 6.96. The number of rotatable bonds is 7. The minimum absolute atomic E-state index is 0.300. The largest absolute Gasteiger partial charge is 0.229 e. The zero-order valence-corrected chi connectivity index (χ0v) is 11.1. The Labute approximate surface area is 97.6 Å². The molecule has 0 aromatic carbocycles. The van der Waals surface area contributed by atoms with Gasteiger partial charge in [-0.05, 0) is 6.42 Å². The van der Waals surface area contributed by atoms with Crippen LogP contribution in [0.5, 0.6) is 0 Å². The maximum Gasteiger partial charge on any atom is 0.212 e. The van der Waals surface area contributed by atoms with E-state index in [4.69, 9.17) is 6.42 Å². The van der Waals surface area contributed by atoms with Crippen molar-refractivity contribution in [3.63, 3.8) is 0 Å². The lowest BCUT2D eigenvalue weighted by atomic mass is 10.2. The topological polar surface area (TPSA) is 80.3 Å². The number of hydrogen-bond acceptors (Lipinski definition) is 4. The van der Waals surface area contributed by atoms with Gasteiger partial charge in [0.2, 0.25) is 10.0 Å². The van der Waals surface area contributed by atoms with Crippen molar-refractivity contribution in [2.24, 2.45) is 0 Å². The fraction of sp³-hybridized carbons (Fsp3) is 0.778. The number of terminal acetylenes is 1. The summed E-state index contributed by atoms with van der Waals surface area (Å²) in [5.41, 5.74) is 0. The predicted molar refractivity (Wildman–Crippen MR) is 64.2 cm³/mol. The Balaban J connectivity index is 4.41. The Morgan fingerprint density at radius 3 is 2.19 bits per heavy atom. The van der Waals surface area contributed by atoms with Crippen molar-refractivity contribution in [3.05, 3.63) is 0 Å². The van der Waals surface area contributed by atoms with Crippen LogP contribution >= 0.6 is 0 Å². The molecular formula is C9H17NO4S2. The van der Waals surface area contributed by atoms with Gasteiger partial charge in [-0.2, -0.15) is 0 Å². The second-order valence-electron chi connectivity index (χ2n) is 3.58. The molecule has 1 unspecified atom stereocenters. The molecule has 0 aromatic rings. The fourth-order valence-electron chi connectivity index (χ4n) is 0.986. The molecule has 0 bridgehead atoms. The molecule has 0 fully saturated rings. The number of nitrogens with one attached hydrogen (secondary N) is 1. The van der Waals surface area contributed by atoms with E-state index < -0.39 is 25.6 Å². The van der Waals surface area contributed by atoms with Crippen molar-refractivity contribution < 1.29 is 16.8 Å². The smallest absolute Gasteiger partial charge is 0.212 e. The van der Waals surface area contributed by atoms with Crippen LogP contribution in [0, 0.1) is 12.3 Å². The highest BCUT2D eigenvalue weighted by molar-refractivity contribution is 7.93. The van der Waals surface area contributed by atoms with Crippen LogP contribution < -0.4 is 4.72 Å². The maximum absolute atomic E-state index is 11.5. The van der Waals surface area contributed by atoms with Crippen LogP contribution in [0.15, 0.2) is 0 Å². The molecule has 0 amide bonds. The monoisotopic (exact) mass is 267 g/mol. The van der Waals surface area contributed by atoms with Crippen LogP contribution in [0.25, 0.3) is 0 Å². The van der Waals surface area contributed by atoms with Crippen molar-refractivity contribution in [1.29, 1.82) is 0 Å². The molecule has 16 heavy (non-hydrogen) atoms. The first-order valence-corrected chi connectivity index (χ1v) is 8.52. The zero-order chi connectivity index (χ0) is 12.8. The van der Waals surface area contributed by atoms with Crippen LogP contribution in [-0.4, -0.2) is 40.6 Å². The van der Waals surface area contributed by atoms with Gasteiger partial charge in [-0.1, -0.05) is 6.92 Å². The second-order valence-corrected chi connectivity index (χ2v) is 7.71. The summed E-state index contributed by atoms with van der Waals surface area (Å²) < 4.78 is 47.0. The molecule has 0 aromatic heterocycles. The summed E-state index contributed by atoms with van der Waals surface area (Å²) in [4.78, 5) is 0. The van der Waals surface area contributed by atoms with Gasteiger partial charge in [-0.3, -0.25) is 0 Å². The van der Waals surface area contributed by atoms with E-state index >= 15 is 0 Å². The van der Waals surface area contributed by atoms with Crippen LogP contribution in [0.3, 0.4) is 0 Å². The second kappa shape index (κ2) is 6.23. The third-order valence-corrected chi connectivity index (χ3v) is 4.56. The molecule has 5 nitrogen and oxygen atoms in total. The highest BCUT2D eigenvalue weighted by Gasteiger charge is 2.18. The highest BCUT2D eigenvalue weighted by atomic mass is 32.2. The van der Waals surface area contributed by atoms with Gasteiger partial charge >= 0.3 is 0 Å². The summed E-state index contributed by atoms with van der Waals surface area (Å²) in [6.45, 7) is 1.81. The number of hydrogen-bond donors (Lipinski definition) is 1. The Kier molecular flexibility index (Phi) is 6.00. The summed E-state index contributed by atoms with van der Waals surface area (Å²) in [6, 6.07) is -0.324.